The van der Waals surface area contributed by atoms with Crippen molar-refractivity contribution < 1.29 is 26.4 Å². The average Bonchev–Trinajstić information content (AvgIpc) is 2.21. The van der Waals surface area contributed by atoms with Crippen molar-refractivity contribution in [2.45, 2.75) is 37.6 Å². The lowest BCUT2D eigenvalue weighted by molar-refractivity contribution is -0.145. The van der Waals surface area contributed by atoms with E-state index in [1.165, 1.54) is 0 Å². The van der Waals surface area contributed by atoms with Gasteiger partial charge in [0.1, 0.15) is 5.78 Å². The minimum atomic E-state index is -5.18. The molecule has 0 saturated heterocycles. The fourth-order valence-corrected chi connectivity index (χ4v) is 5.89. The van der Waals surface area contributed by atoms with Crippen LogP contribution in [0.15, 0.2) is 0 Å². The molecule has 0 N–H and O–H groups in total. The van der Waals surface area contributed by atoms with E-state index >= 15 is 0 Å². The van der Waals surface area contributed by atoms with Crippen LogP contribution in [0, 0.1) is 23.2 Å². The quantitative estimate of drug-likeness (QED) is 0.786. The average molecular weight is 296 g/mol. The van der Waals surface area contributed by atoms with Crippen LogP contribution in [0.25, 0.3) is 0 Å². The highest BCUT2D eigenvalue weighted by atomic mass is 32.2. The number of Topliss-reactive ketones (excluding diaryl/α,β-unsaturated/α-hetero) is 1. The van der Waals surface area contributed by atoms with Crippen molar-refractivity contribution in [1.82, 2.24) is 0 Å². The van der Waals surface area contributed by atoms with Crippen LogP contribution in [0.2, 0.25) is 0 Å². The highest BCUT2D eigenvalue weighted by Gasteiger charge is 2.59. The molecule has 0 heterocycles. The molecule has 0 aromatic rings. The molecule has 2 atom stereocenters. The molecule has 4 bridgehead atoms. The van der Waals surface area contributed by atoms with Crippen LogP contribution in [0.3, 0.4) is 0 Å². The Morgan fingerprint density at radius 2 is 1.63 bits per heavy atom. The summed E-state index contributed by atoms with van der Waals surface area (Å²) in [5.74, 6) is -0.848. The van der Waals surface area contributed by atoms with Crippen LogP contribution >= 0.6 is 0 Å². The molecule has 108 valence electrons. The maximum Gasteiger partial charge on any atom is 0.497 e. The first-order chi connectivity index (χ1) is 8.62. The lowest BCUT2D eigenvalue weighted by atomic mass is 9.50. The Labute approximate surface area is 109 Å². The topological polar surface area (TPSA) is 51.2 Å². The monoisotopic (exact) mass is 296 g/mol. The zero-order valence-corrected chi connectivity index (χ0v) is 11.1. The smallest absolute Gasteiger partial charge is 0.299 e. The number of rotatable bonds is 2. The van der Waals surface area contributed by atoms with E-state index in [1.54, 1.807) is 0 Å². The van der Waals surface area contributed by atoms with Crippen molar-refractivity contribution in [3.8, 4) is 0 Å². The number of sulfone groups is 1. The molecule has 0 spiro atoms. The minimum Gasteiger partial charge on any atom is -0.299 e. The molecule has 0 amide bonds. The Balaban J connectivity index is 1.88. The number of hydrogen-bond acceptors (Lipinski definition) is 3. The molecule has 4 saturated carbocycles. The zero-order valence-electron chi connectivity index (χ0n) is 10.2. The number of carbonyl (C=O) groups excluding carboxylic acids is 1. The number of ketones is 1. The molecule has 4 fully saturated rings. The van der Waals surface area contributed by atoms with Crippen molar-refractivity contribution in [1.29, 1.82) is 0 Å². The fourth-order valence-electron chi connectivity index (χ4n) is 4.57. The van der Waals surface area contributed by atoms with Gasteiger partial charge in [0.2, 0.25) is 9.84 Å². The van der Waals surface area contributed by atoms with E-state index in [-0.39, 0.29) is 23.5 Å². The van der Waals surface area contributed by atoms with Gasteiger partial charge in [-0.3, -0.25) is 4.79 Å². The Bertz CT molecular complexity index is 505. The summed E-state index contributed by atoms with van der Waals surface area (Å²) in [5, 5.41) is 0. The Morgan fingerprint density at radius 1 is 1.11 bits per heavy atom. The first kappa shape index (κ1) is 13.4. The van der Waals surface area contributed by atoms with Crippen LogP contribution in [0.5, 0.6) is 0 Å². The van der Waals surface area contributed by atoms with Gasteiger partial charge >= 0.3 is 5.51 Å². The molecular formula is C12H15F3O3S. The summed E-state index contributed by atoms with van der Waals surface area (Å²) in [5.41, 5.74) is -5.99. The number of hydrogen-bond donors (Lipinski definition) is 0. The van der Waals surface area contributed by atoms with Gasteiger partial charge in [-0.25, -0.2) is 8.42 Å². The van der Waals surface area contributed by atoms with E-state index in [9.17, 15) is 26.4 Å². The third-order valence-electron chi connectivity index (χ3n) is 4.97. The van der Waals surface area contributed by atoms with Gasteiger partial charge in [-0.15, -0.1) is 0 Å². The molecule has 19 heavy (non-hydrogen) atoms. The van der Waals surface area contributed by atoms with Gasteiger partial charge in [0.15, 0.2) is 0 Å². The Morgan fingerprint density at radius 3 is 2.11 bits per heavy atom. The minimum absolute atomic E-state index is 0.149. The summed E-state index contributed by atoms with van der Waals surface area (Å²) < 4.78 is 60.4. The molecule has 3 nitrogen and oxygen atoms in total. The van der Waals surface area contributed by atoms with Crippen molar-refractivity contribution in [2.24, 2.45) is 23.2 Å². The van der Waals surface area contributed by atoms with Gasteiger partial charge in [-0.05, 0) is 43.4 Å². The van der Waals surface area contributed by atoms with Gasteiger partial charge in [0.05, 0.1) is 5.75 Å². The summed E-state index contributed by atoms with van der Waals surface area (Å²) in [6.45, 7) is 0. The van der Waals surface area contributed by atoms with E-state index in [1.807, 2.05) is 0 Å². The maximum atomic E-state index is 12.5. The first-order valence-electron chi connectivity index (χ1n) is 6.45. The number of alkyl halides is 3. The molecule has 2 unspecified atom stereocenters. The highest BCUT2D eigenvalue weighted by molar-refractivity contribution is 7.92. The molecule has 4 aliphatic carbocycles. The van der Waals surface area contributed by atoms with E-state index < -0.39 is 26.5 Å². The van der Waals surface area contributed by atoms with Crippen molar-refractivity contribution in [3.05, 3.63) is 0 Å². The Kier molecular flexibility index (Phi) is 2.64. The van der Waals surface area contributed by atoms with Crippen molar-refractivity contribution in [2.75, 3.05) is 5.75 Å². The molecule has 0 aliphatic heterocycles. The Hall–Kier alpha value is -0.590. The number of carbonyl (C=O) groups is 1. The van der Waals surface area contributed by atoms with Crippen molar-refractivity contribution >= 4 is 15.6 Å². The largest absolute Gasteiger partial charge is 0.497 e. The second-order valence-electron chi connectivity index (χ2n) is 6.45. The molecule has 0 radical (unpaired) electrons. The van der Waals surface area contributed by atoms with Crippen LogP contribution in [-0.4, -0.2) is 25.5 Å². The second-order valence-corrected chi connectivity index (χ2v) is 8.43. The third kappa shape index (κ3) is 2.00. The summed E-state index contributed by atoms with van der Waals surface area (Å²) >= 11 is 0. The lowest BCUT2D eigenvalue weighted by Crippen LogP contribution is -2.54. The van der Waals surface area contributed by atoms with Crippen LogP contribution in [0.1, 0.15) is 32.1 Å². The maximum absolute atomic E-state index is 12.5. The summed E-state index contributed by atoms with van der Waals surface area (Å²) in [6, 6.07) is 0. The summed E-state index contributed by atoms with van der Waals surface area (Å²) in [4.78, 5) is 11.9. The normalized spacial score (nSPS) is 41.8. The SMILES string of the molecule is O=C1C2CC3CC1CC(CS(=O)(=O)C(F)(F)F)(C3)C2. The van der Waals surface area contributed by atoms with E-state index in [2.05, 4.69) is 0 Å². The molecule has 4 rings (SSSR count). The van der Waals surface area contributed by atoms with Crippen LogP contribution in [0.4, 0.5) is 13.2 Å². The van der Waals surface area contributed by atoms with Gasteiger partial charge in [0, 0.05) is 11.8 Å². The molecule has 4 aliphatic rings. The van der Waals surface area contributed by atoms with E-state index in [0.717, 1.165) is 12.8 Å². The predicted octanol–water partition coefficient (Wildman–Crippen LogP) is 2.32. The molecule has 0 aromatic carbocycles. The summed E-state index contributed by atoms with van der Waals surface area (Å²) in [7, 11) is -5.09. The fraction of sp³-hybridized carbons (Fsp3) is 0.917. The summed E-state index contributed by atoms with van der Waals surface area (Å²) in [6.07, 6.45) is 2.66. The standard InChI is InChI=1S/C12H15F3O3S/c13-12(14,15)19(17,18)6-11-3-7-1-8(4-11)10(16)9(2-7)5-11/h7-9H,1-6H2. The van der Waals surface area contributed by atoms with Gasteiger partial charge in [-0.2, -0.15) is 13.2 Å². The molecule has 0 aromatic heterocycles. The number of halogens is 3. The highest BCUT2D eigenvalue weighted by Crippen LogP contribution is 2.59. The van der Waals surface area contributed by atoms with Gasteiger partial charge in [0.25, 0.3) is 0 Å². The zero-order chi connectivity index (χ0) is 14.1. The first-order valence-corrected chi connectivity index (χ1v) is 8.10. The van der Waals surface area contributed by atoms with Crippen LogP contribution < -0.4 is 0 Å². The molecule has 7 heteroatoms. The van der Waals surface area contributed by atoms with Crippen molar-refractivity contribution in [3.63, 3.8) is 0 Å². The molecular weight excluding hydrogens is 281 g/mol. The van der Waals surface area contributed by atoms with E-state index in [4.69, 9.17) is 0 Å². The van der Waals surface area contributed by atoms with Gasteiger partial charge in [-0.1, -0.05) is 0 Å². The lowest BCUT2D eigenvalue weighted by Gasteiger charge is -2.55. The second kappa shape index (κ2) is 3.74. The van der Waals surface area contributed by atoms with Gasteiger partial charge < -0.3 is 0 Å². The third-order valence-corrected chi connectivity index (χ3v) is 6.67. The predicted molar refractivity (Wildman–Crippen MR) is 60.8 cm³/mol. The van der Waals surface area contributed by atoms with Crippen LogP contribution in [-0.2, 0) is 14.6 Å². The van der Waals surface area contributed by atoms with E-state index in [0.29, 0.717) is 19.3 Å².